The van der Waals surface area contributed by atoms with Crippen LogP contribution in [0.1, 0.15) is 25.3 Å². The molecule has 1 rings (SSSR count). The van der Waals surface area contributed by atoms with Crippen LogP contribution in [0.15, 0.2) is 35.3 Å². The molecule has 0 aliphatic carbocycles. The number of guanidine groups is 1. The number of aliphatic hydroxyl groups is 1. The molecule has 0 fully saturated rings. The molecule has 0 aliphatic rings. The Balaban J connectivity index is 0.00000529. The van der Waals surface area contributed by atoms with Crippen LogP contribution in [0.3, 0.4) is 0 Å². The van der Waals surface area contributed by atoms with Crippen LogP contribution in [0.5, 0.6) is 0 Å². The molecule has 0 spiro atoms. The van der Waals surface area contributed by atoms with E-state index in [4.69, 9.17) is 0 Å². The number of amides is 1. The standard InChI is InChI=1S/C17H28N4O2.HI/c1-17(2,15(23)18-3)12-21-16(19-4)20-10-14(11-22)13-8-6-5-7-9-13;/h5-9,14,22H,10-12H2,1-4H3,(H,18,23)(H2,19,20,21);1H. The summed E-state index contributed by atoms with van der Waals surface area (Å²) in [6.07, 6.45) is 0. The Bertz CT molecular complexity index is 521. The molecular formula is C17H29IN4O2. The minimum atomic E-state index is -0.540. The van der Waals surface area contributed by atoms with Gasteiger partial charge in [0.1, 0.15) is 0 Å². The van der Waals surface area contributed by atoms with Crippen molar-refractivity contribution in [2.45, 2.75) is 19.8 Å². The SMILES string of the molecule is CN=C(NCC(CO)c1ccccc1)NCC(C)(C)C(=O)NC.I. The molecule has 0 bridgehead atoms. The average Bonchev–Trinajstić information content (AvgIpc) is 2.58. The van der Waals surface area contributed by atoms with Gasteiger partial charge >= 0.3 is 0 Å². The van der Waals surface area contributed by atoms with Crippen molar-refractivity contribution < 1.29 is 9.90 Å². The van der Waals surface area contributed by atoms with Crippen molar-refractivity contribution in [3.8, 4) is 0 Å². The number of carbonyl (C=O) groups is 1. The minimum Gasteiger partial charge on any atom is -0.396 e. The monoisotopic (exact) mass is 448 g/mol. The van der Waals surface area contributed by atoms with Crippen LogP contribution in [0, 0.1) is 5.41 Å². The maximum Gasteiger partial charge on any atom is 0.227 e. The molecule has 1 atom stereocenters. The summed E-state index contributed by atoms with van der Waals surface area (Å²) in [5, 5.41) is 18.6. The van der Waals surface area contributed by atoms with Crippen molar-refractivity contribution in [1.82, 2.24) is 16.0 Å². The van der Waals surface area contributed by atoms with Gasteiger partial charge in [-0.3, -0.25) is 9.79 Å². The summed E-state index contributed by atoms with van der Waals surface area (Å²) in [6.45, 7) is 4.80. The van der Waals surface area contributed by atoms with Gasteiger partial charge in [0.15, 0.2) is 5.96 Å². The van der Waals surface area contributed by atoms with Gasteiger partial charge in [0.25, 0.3) is 0 Å². The zero-order chi connectivity index (χ0) is 17.3. The molecule has 24 heavy (non-hydrogen) atoms. The number of carbonyl (C=O) groups excluding carboxylic acids is 1. The Morgan fingerprint density at radius 2 is 1.88 bits per heavy atom. The highest BCUT2D eigenvalue weighted by molar-refractivity contribution is 14.0. The van der Waals surface area contributed by atoms with E-state index >= 15 is 0 Å². The second-order valence-corrected chi connectivity index (χ2v) is 6.06. The number of nitrogens with one attached hydrogen (secondary N) is 3. The van der Waals surface area contributed by atoms with E-state index in [0.29, 0.717) is 19.0 Å². The molecule has 6 nitrogen and oxygen atoms in total. The van der Waals surface area contributed by atoms with Gasteiger partial charge in [0, 0.05) is 33.1 Å². The van der Waals surface area contributed by atoms with Crippen LogP contribution in [0.25, 0.3) is 0 Å². The third-order valence-corrected chi connectivity index (χ3v) is 3.77. The molecular weight excluding hydrogens is 419 g/mol. The summed E-state index contributed by atoms with van der Waals surface area (Å²) >= 11 is 0. The van der Waals surface area contributed by atoms with Gasteiger partial charge < -0.3 is 21.1 Å². The van der Waals surface area contributed by atoms with Crippen LogP contribution in [0.4, 0.5) is 0 Å². The fraction of sp³-hybridized carbons (Fsp3) is 0.529. The molecule has 0 saturated heterocycles. The van der Waals surface area contributed by atoms with E-state index in [1.807, 2.05) is 44.2 Å². The average molecular weight is 448 g/mol. The van der Waals surface area contributed by atoms with Gasteiger partial charge in [-0.1, -0.05) is 30.3 Å². The van der Waals surface area contributed by atoms with Crippen molar-refractivity contribution in [2.24, 2.45) is 10.4 Å². The topological polar surface area (TPSA) is 85.8 Å². The fourth-order valence-electron chi connectivity index (χ4n) is 2.18. The Hall–Kier alpha value is -1.35. The summed E-state index contributed by atoms with van der Waals surface area (Å²) in [7, 11) is 3.31. The van der Waals surface area contributed by atoms with Crippen LogP contribution < -0.4 is 16.0 Å². The number of hydrogen-bond donors (Lipinski definition) is 4. The molecule has 0 radical (unpaired) electrons. The summed E-state index contributed by atoms with van der Waals surface area (Å²) in [4.78, 5) is 15.9. The number of aliphatic hydroxyl groups excluding tert-OH is 1. The normalized spacial score (nSPS) is 12.8. The maximum atomic E-state index is 11.8. The van der Waals surface area contributed by atoms with Crippen LogP contribution in [-0.2, 0) is 4.79 Å². The Kier molecular flexibility index (Phi) is 10.6. The second-order valence-electron chi connectivity index (χ2n) is 6.06. The summed E-state index contributed by atoms with van der Waals surface area (Å²) in [5.41, 5.74) is 0.533. The Labute approximate surface area is 161 Å². The number of nitrogens with zero attached hydrogens (tertiary/aromatic N) is 1. The molecule has 1 unspecified atom stereocenters. The fourth-order valence-corrected chi connectivity index (χ4v) is 2.18. The first-order chi connectivity index (χ1) is 10.9. The van der Waals surface area contributed by atoms with Crippen molar-refractivity contribution >= 4 is 35.8 Å². The Morgan fingerprint density at radius 3 is 2.38 bits per heavy atom. The second kappa shape index (κ2) is 11.2. The molecule has 0 saturated carbocycles. The van der Waals surface area contributed by atoms with Gasteiger partial charge in [0.2, 0.25) is 5.91 Å². The van der Waals surface area contributed by atoms with Crippen LogP contribution >= 0.6 is 24.0 Å². The van der Waals surface area contributed by atoms with Gasteiger partial charge in [0.05, 0.1) is 12.0 Å². The van der Waals surface area contributed by atoms with E-state index in [2.05, 4.69) is 20.9 Å². The smallest absolute Gasteiger partial charge is 0.227 e. The van der Waals surface area contributed by atoms with Gasteiger partial charge in [-0.25, -0.2) is 0 Å². The number of benzene rings is 1. The number of hydrogen-bond acceptors (Lipinski definition) is 3. The zero-order valence-corrected chi connectivity index (χ0v) is 17.1. The molecule has 1 aromatic carbocycles. The van der Waals surface area contributed by atoms with Crippen LogP contribution in [-0.4, -0.2) is 50.8 Å². The van der Waals surface area contributed by atoms with E-state index in [1.54, 1.807) is 14.1 Å². The summed E-state index contributed by atoms with van der Waals surface area (Å²) in [5.74, 6) is 0.566. The highest BCUT2D eigenvalue weighted by Gasteiger charge is 2.26. The van der Waals surface area contributed by atoms with E-state index in [9.17, 15) is 9.90 Å². The van der Waals surface area contributed by atoms with Crippen molar-refractivity contribution in [2.75, 3.05) is 33.8 Å². The predicted molar refractivity (Wildman–Crippen MR) is 109 cm³/mol. The molecule has 0 aliphatic heterocycles. The number of halogens is 1. The Morgan fingerprint density at radius 1 is 1.25 bits per heavy atom. The molecule has 0 aromatic heterocycles. The number of rotatable bonds is 7. The summed E-state index contributed by atoms with van der Waals surface area (Å²) in [6, 6.07) is 9.85. The predicted octanol–water partition coefficient (Wildman–Crippen LogP) is 1.32. The first-order valence-corrected chi connectivity index (χ1v) is 7.77. The molecule has 4 N–H and O–H groups in total. The first-order valence-electron chi connectivity index (χ1n) is 7.77. The number of aliphatic imine (C=N–C) groups is 1. The lowest BCUT2D eigenvalue weighted by atomic mass is 9.92. The first kappa shape index (κ1) is 22.6. The van der Waals surface area contributed by atoms with Crippen molar-refractivity contribution in [3.63, 3.8) is 0 Å². The quantitative estimate of drug-likeness (QED) is 0.288. The van der Waals surface area contributed by atoms with Crippen molar-refractivity contribution in [3.05, 3.63) is 35.9 Å². The molecule has 7 heteroatoms. The summed E-state index contributed by atoms with van der Waals surface area (Å²) < 4.78 is 0. The van der Waals surface area contributed by atoms with Crippen molar-refractivity contribution in [1.29, 1.82) is 0 Å². The van der Waals surface area contributed by atoms with E-state index in [-0.39, 0.29) is 42.4 Å². The van der Waals surface area contributed by atoms with E-state index in [0.717, 1.165) is 5.56 Å². The lowest BCUT2D eigenvalue weighted by Crippen LogP contribution is -2.47. The highest BCUT2D eigenvalue weighted by atomic mass is 127. The van der Waals surface area contributed by atoms with Gasteiger partial charge in [-0.2, -0.15) is 0 Å². The minimum absolute atomic E-state index is 0. The van der Waals surface area contributed by atoms with Crippen LogP contribution in [0.2, 0.25) is 0 Å². The molecule has 1 amide bonds. The highest BCUT2D eigenvalue weighted by Crippen LogP contribution is 2.14. The van der Waals surface area contributed by atoms with E-state index < -0.39 is 5.41 Å². The third-order valence-electron chi connectivity index (χ3n) is 3.77. The van der Waals surface area contributed by atoms with E-state index in [1.165, 1.54) is 0 Å². The lowest BCUT2D eigenvalue weighted by Gasteiger charge is -2.25. The maximum absolute atomic E-state index is 11.8. The largest absolute Gasteiger partial charge is 0.396 e. The third kappa shape index (κ3) is 7.04. The molecule has 0 heterocycles. The molecule has 136 valence electrons. The van der Waals surface area contributed by atoms with Gasteiger partial charge in [-0.15, -0.1) is 24.0 Å². The van der Waals surface area contributed by atoms with Gasteiger partial charge in [-0.05, 0) is 19.4 Å². The lowest BCUT2D eigenvalue weighted by molar-refractivity contribution is -0.128. The zero-order valence-electron chi connectivity index (χ0n) is 14.8. The molecule has 1 aromatic rings.